The molecule has 9 atom stereocenters. The summed E-state index contributed by atoms with van der Waals surface area (Å²) < 4.78 is 29.6. The predicted octanol–water partition coefficient (Wildman–Crippen LogP) is 5.34. The number of amides is 2. The first-order valence-electron chi connectivity index (χ1n) is 19.2. The quantitative estimate of drug-likeness (QED) is 0.166. The van der Waals surface area contributed by atoms with Gasteiger partial charge in [0.25, 0.3) is 17.6 Å². The zero-order valence-corrected chi connectivity index (χ0v) is 35.3. The third kappa shape index (κ3) is 9.59. The first kappa shape index (κ1) is 45.6. The second kappa shape index (κ2) is 17.8. The van der Waals surface area contributed by atoms with Crippen molar-refractivity contribution in [3.63, 3.8) is 0 Å². The van der Waals surface area contributed by atoms with Crippen LogP contribution in [0.3, 0.4) is 0 Å². The maximum Gasteiger partial charge on any atom is 0.312 e. The Balaban J connectivity index is 1.93. The number of nitrogens with one attached hydrogen (secondary N) is 2. The van der Waals surface area contributed by atoms with Gasteiger partial charge in [-0.25, -0.2) is 0 Å². The Labute approximate surface area is 339 Å². The van der Waals surface area contributed by atoms with Crippen molar-refractivity contribution in [2.24, 2.45) is 23.7 Å². The van der Waals surface area contributed by atoms with Crippen LogP contribution >= 0.6 is 0 Å². The number of ketones is 1. The Morgan fingerprint density at radius 1 is 0.966 bits per heavy atom. The molecule has 15 nitrogen and oxygen atoms in total. The number of benzene rings is 2. The third-order valence-electron chi connectivity index (χ3n) is 10.7. The number of hydrogen-bond donors (Lipinski definition) is 6. The molecule has 0 fully saturated rings. The number of carbonyl (C=O) groups excluding carboxylic acids is 4. The highest BCUT2D eigenvalue weighted by atomic mass is 16.7. The van der Waals surface area contributed by atoms with Crippen LogP contribution in [0.4, 0.5) is 5.69 Å². The molecule has 0 unspecified atom stereocenters. The lowest BCUT2D eigenvalue weighted by Gasteiger charge is -2.38. The number of allylic oxidation sites excluding steroid dienone is 2. The van der Waals surface area contributed by atoms with Gasteiger partial charge in [0.05, 0.1) is 41.2 Å². The lowest BCUT2D eigenvalue weighted by Crippen LogP contribution is -2.46. The number of rotatable bonds is 5. The minimum atomic E-state index is -2.03. The molecule has 2 amide bonds. The maximum absolute atomic E-state index is 14.4. The largest absolute Gasteiger partial charge is 0.507 e. The number of aromatic hydroxyl groups is 2. The molecule has 15 heteroatoms. The Bertz CT molecular complexity index is 2010. The van der Waals surface area contributed by atoms with E-state index in [1.807, 2.05) is 0 Å². The highest BCUT2D eigenvalue weighted by Crippen LogP contribution is 2.54. The molecule has 0 saturated heterocycles. The second-order valence-electron chi connectivity index (χ2n) is 16.5. The molecular formula is C43H58N2O13. The molecule has 3 aliphatic rings. The average Bonchev–Trinajstić information content (AvgIpc) is 3.41. The monoisotopic (exact) mass is 810 g/mol. The number of aliphatic hydroxyl groups is 2. The molecule has 5 bridgehead atoms. The number of hydrogen-bond acceptors (Lipinski definition) is 13. The molecule has 0 saturated carbocycles. The van der Waals surface area contributed by atoms with Crippen LogP contribution in [0.25, 0.3) is 10.8 Å². The smallest absolute Gasteiger partial charge is 0.312 e. The maximum atomic E-state index is 14.4. The fourth-order valence-corrected chi connectivity index (χ4v) is 7.35. The molecule has 2 aromatic carbocycles. The number of Topliss-reactive ketones (excluding diaryl/α,β-unsaturated/α-hetero) is 1. The van der Waals surface area contributed by atoms with Crippen molar-refractivity contribution in [2.45, 2.75) is 112 Å². The van der Waals surface area contributed by atoms with Gasteiger partial charge in [0.1, 0.15) is 23.4 Å². The van der Waals surface area contributed by atoms with Gasteiger partial charge >= 0.3 is 11.8 Å². The van der Waals surface area contributed by atoms with E-state index in [4.69, 9.17) is 23.7 Å². The van der Waals surface area contributed by atoms with Crippen molar-refractivity contribution >= 4 is 40.0 Å². The van der Waals surface area contributed by atoms with Crippen molar-refractivity contribution in [1.82, 2.24) is 5.32 Å². The van der Waals surface area contributed by atoms with E-state index in [9.17, 15) is 39.6 Å². The fourth-order valence-electron chi connectivity index (χ4n) is 7.35. The van der Waals surface area contributed by atoms with Crippen LogP contribution < -0.4 is 20.1 Å². The van der Waals surface area contributed by atoms with Gasteiger partial charge in [-0.05, 0) is 40.7 Å². The lowest BCUT2D eigenvalue weighted by atomic mass is 9.78. The SMILES string of the molecule is CO[C@H]1/C=C/O[C@@]2(C)Oc3c(C)c(O)c4c(O)c(cc(OCC(=O)NC(C)(C)C)c4c3C2=O)NC(=O)/C(C)=C\C=C\[C@H](C)[C@H](O)[C@@H](C)[C@@H](O)[C@H](C)[C@H](OC(C)=O)[C@H]1C. The minimum Gasteiger partial charge on any atom is -0.507 e. The Hall–Kier alpha value is -5.12. The van der Waals surface area contributed by atoms with E-state index in [0.717, 1.165) is 0 Å². The van der Waals surface area contributed by atoms with Crippen molar-refractivity contribution in [1.29, 1.82) is 0 Å². The number of methoxy groups -OCH3 is 1. The van der Waals surface area contributed by atoms with E-state index in [1.54, 1.807) is 60.6 Å². The van der Waals surface area contributed by atoms with Gasteiger partial charge in [0.2, 0.25) is 0 Å². The van der Waals surface area contributed by atoms with Crippen molar-refractivity contribution < 1.29 is 63.3 Å². The zero-order valence-electron chi connectivity index (χ0n) is 35.3. The topological polar surface area (TPSA) is 219 Å². The highest BCUT2D eigenvalue weighted by Gasteiger charge is 2.49. The van der Waals surface area contributed by atoms with E-state index in [1.165, 1.54) is 59.3 Å². The number of anilines is 1. The minimum absolute atomic E-state index is 0.0675. The van der Waals surface area contributed by atoms with Gasteiger partial charge in [-0.3, -0.25) is 19.2 Å². The molecule has 58 heavy (non-hydrogen) atoms. The van der Waals surface area contributed by atoms with Crippen LogP contribution in [0.5, 0.6) is 23.0 Å². The zero-order chi connectivity index (χ0) is 43.6. The summed E-state index contributed by atoms with van der Waals surface area (Å²) in [5.41, 5.74) is -0.653. The van der Waals surface area contributed by atoms with Gasteiger partial charge in [0.15, 0.2) is 12.4 Å². The van der Waals surface area contributed by atoms with Crippen molar-refractivity contribution in [2.75, 3.05) is 19.0 Å². The molecular weight excluding hydrogens is 752 g/mol. The summed E-state index contributed by atoms with van der Waals surface area (Å²) in [4.78, 5) is 53.2. The number of phenols is 2. The number of carbonyl (C=O) groups is 4. The van der Waals surface area contributed by atoms with Gasteiger partial charge in [0, 0.05) is 72.8 Å². The number of fused-ring (bicyclic) bond motifs is 14. The van der Waals surface area contributed by atoms with Crippen LogP contribution in [-0.4, -0.2) is 93.5 Å². The molecule has 6 N–H and O–H groups in total. The summed E-state index contributed by atoms with van der Waals surface area (Å²) in [5, 5.41) is 51.1. The normalized spacial score (nSPS) is 30.4. The van der Waals surface area contributed by atoms with Gasteiger partial charge in [-0.1, -0.05) is 45.9 Å². The molecule has 0 spiro atoms. The number of aliphatic hydroxyl groups excluding tert-OH is 2. The molecule has 3 heterocycles. The van der Waals surface area contributed by atoms with Crippen LogP contribution in [0.15, 0.2) is 42.2 Å². The van der Waals surface area contributed by atoms with Crippen LogP contribution in [-0.2, 0) is 28.6 Å². The molecule has 0 radical (unpaired) electrons. The van der Waals surface area contributed by atoms with Crippen molar-refractivity contribution in [3.05, 3.63) is 53.3 Å². The van der Waals surface area contributed by atoms with Crippen molar-refractivity contribution in [3.8, 4) is 23.0 Å². The average molecular weight is 811 g/mol. The van der Waals surface area contributed by atoms with E-state index < -0.39 is 101 Å². The standard InChI is InChI=1S/C43H58N2O13/c1-20-14-13-15-21(2)41(53)44-27-18-29(55-19-30(47)45-42(8,9)10)31-32(37(27)51)36(50)25(6)39-33(31)40(52)43(11,58-39)56-17-16-28(54-12)22(3)38(57-26(7)46)24(5)35(49)23(4)34(20)48/h13-18,20,22-24,28,34-35,38,48-51H,19H2,1-12H3,(H,44,53)(H,45,47)/b14-13+,17-16+,21-15-/t20-,22-,23+,24-,28-,34-,35+,38+,43-/m0/s1. The van der Waals surface area contributed by atoms with E-state index in [2.05, 4.69) is 10.6 Å². The summed E-state index contributed by atoms with van der Waals surface area (Å²) >= 11 is 0. The van der Waals surface area contributed by atoms with Gasteiger partial charge < -0.3 is 54.7 Å². The molecule has 5 rings (SSSR count). The summed E-state index contributed by atoms with van der Waals surface area (Å²) in [6, 6.07) is 1.25. The van der Waals surface area contributed by atoms with E-state index in [-0.39, 0.29) is 44.7 Å². The molecule has 318 valence electrons. The second-order valence-corrected chi connectivity index (χ2v) is 16.5. The van der Waals surface area contributed by atoms with E-state index in [0.29, 0.717) is 0 Å². The third-order valence-corrected chi connectivity index (χ3v) is 10.7. The fraction of sp³-hybridized carbons (Fsp3) is 0.535. The Morgan fingerprint density at radius 2 is 1.62 bits per heavy atom. The Morgan fingerprint density at radius 3 is 2.22 bits per heavy atom. The summed E-state index contributed by atoms with van der Waals surface area (Å²) in [6.45, 7) is 17.3. The Kier molecular flexibility index (Phi) is 14.0. The predicted molar refractivity (Wildman–Crippen MR) is 216 cm³/mol. The van der Waals surface area contributed by atoms with Crippen LogP contribution in [0.1, 0.15) is 85.2 Å². The molecule has 2 aromatic rings. The molecule has 0 aliphatic carbocycles. The highest BCUT2D eigenvalue weighted by molar-refractivity contribution is 6.21. The van der Waals surface area contributed by atoms with Crippen LogP contribution in [0.2, 0.25) is 0 Å². The first-order chi connectivity index (χ1) is 26.9. The molecule has 0 aromatic heterocycles. The van der Waals surface area contributed by atoms with E-state index >= 15 is 0 Å². The summed E-state index contributed by atoms with van der Waals surface area (Å²) in [6.07, 6.45) is 3.56. The summed E-state index contributed by atoms with van der Waals surface area (Å²) in [5.74, 6) is -8.24. The van der Waals surface area contributed by atoms with Gasteiger partial charge in [-0.2, -0.15) is 0 Å². The number of phenolic OH excluding ortho intramolecular Hbond substituents is 2. The first-order valence-corrected chi connectivity index (χ1v) is 19.2. The van der Waals surface area contributed by atoms with Crippen LogP contribution in [0, 0.1) is 30.6 Å². The number of esters is 1. The summed E-state index contributed by atoms with van der Waals surface area (Å²) in [7, 11) is 1.43. The molecule has 3 aliphatic heterocycles. The lowest BCUT2D eigenvalue weighted by molar-refractivity contribution is -0.160. The number of ether oxygens (including phenoxy) is 5. The van der Waals surface area contributed by atoms with Gasteiger partial charge in [-0.15, -0.1) is 0 Å².